The SMILES string of the molecule is CC(C)(C)c1cc2c(OCCNC(=O)CP(=O)(c3ccccc3)c3ccccc3)c(c1)Cc1cc(C(C)(C)C)cc(c1OCCNC(=O)CP(=O)(c1ccccc1)c1ccccc1)Cc1cc(C(C)(C)C)cc(c1OCCNC(=O)CP(=O)(c1ccccc1)c1ccccc1)Cc1cc(C(C)(C)C)cc(c1OCCNC(=O)CP(=O)(c1ccccc1)c1ccccc1)C2. The summed E-state index contributed by atoms with van der Waals surface area (Å²) in [5.41, 5.74) is 8.68. The van der Waals surface area contributed by atoms with Gasteiger partial charge in [-0.3, -0.25) is 19.2 Å². The lowest BCUT2D eigenvalue weighted by Gasteiger charge is -2.29. The number of hydrogen-bond acceptors (Lipinski definition) is 12. The normalized spacial score (nSPS) is 12.7. The number of benzene rings is 12. The summed E-state index contributed by atoms with van der Waals surface area (Å²) in [6.45, 7) is 26.4. The molecule has 0 aromatic heterocycles. The van der Waals surface area contributed by atoms with Crippen molar-refractivity contribution in [3.8, 4) is 23.0 Å². The van der Waals surface area contributed by atoms with Crippen LogP contribution in [0.4, 0.5) is 0 Å². The van der Waals surface area contributed by atoms with Gasteiger partial charge in [0, 0.05) is 68.1 Å². The molecule has 12 aromatic carbocycles. The largest absolute Gasteiger partial charge is 0.491 e. The van der Waals surface area contributed by atoms with Crippen LogP contribution in [0.15, 0.2) is 291 Å². The molecule has 0 spiro atoms. The van der Waals surface area contributed by atoms with Crippen molar-refractivity contribution in [1.82, 2.24) is 21.3 Å². The summed E-state index contributed by atoms with van der Waals surface area (Å²) in [5, 5.41) is 17.0. The lowest BCUT2D eigenvalue weighted by molar-refractivity contribution is -0.119. The van der Waals surface area contributed by atoms with Crippen molar-refractivity contribution in [3.05, 3.63) is 358 Å². The van der Waals surface area contributed by atoms with Crippen LogP contribution in [0.1, 0.15) is 150 Å². The van der Waals surface area contributed by atoms with Crippen LogP contribution in [0.25, 0.3) is 0 Å². The number of fused-ring (bicyclic) bond motifs is 8. The van der Waals surface area contributed by atoms with E-state index in [4.69, 9.17) is 18.9 Å². The van der Waals surface area contributed by atoms with E-state index in [1.807, 2.05) is 243 Å². The van der Waals surface area contributed by atoms with Gasteiger partial charge in [-0.2, -0.15) is 0 Å². The van der Waals surface area contributed by atoms with E-state index in [9.17, 15) is 19.2 Å². The van der Waals surface area contributed by atoms with Gasteiger partial charge in [0.15, 0.2) is 28.6 Å². The lowest BCUT2D eigenvalue weighted by atomic mass is 9.79. The number of carbonyl (C=O) groups excluding carboxylic acids is 4. The second-order valence-corrected chi connectivity index (χ2v) is 48.6. The molecule has 0 aliphatic heterocycles. The molecule has 0 fully saturated rings. The predicted molar refractivity (Wildman–Crippen MR) is 524 cm³/mol. The summed E-state index contributed by atoms with van der Waals surface area (Å²) in [5.74, 6) is 0.634. The molecule has 4 amide bonds. The van der Waals surface area contributed by atoms with Gasteiger partial charge in [0.2, 0.25) is 23.6 Å². The van der Waals surface area contributed by atoms with Gasteiger partial charge in [-0.05, 0) is 88.4 Å². The van der Waals surface area contributed by atoms with E-state index in [-0.39, 0.29) is 103 Å². The van der Waals surface area contributed by atoms with Crippen LogP contribution in [0.2, 0.25) is 0 Å². The van der Waals surface area contributed by atoms with Crippen molar-refractivity contribution < 1.29 is 56.4 Å². The van der Waals surface area contributed by atoms with Crippen LogP contribution >= 0.6 is 28.6 Å². The van der Waals surface area contributed by atoms with Crippen LogP contribution in [-0.2, 0) is 84.8 Å². The van der Waals surface area contributed by atoms with E-state index >= 15 is 18.3 Å². The molecule has 1 aliphatic carbocycles. The number of nitrogens with one attached hydrogen (secondary N) is 4. The Morgan fingerprint density at radius 2 is 0.367 bits per heavy atom. The average molecular weight is 1790 g/mol. The van der Waals surface area contributed by atoms with Crippen LogP contribution < -0.4 is 82.7 Å². The van der Waals surface area contributed by atoms with Gasteiger partial charge in [0.25, 0.3) is 0 Å². The quantitative estimate of drug-likeness (QED) is 0.0228. The smallest absolute Gasteiger partial charge is 0.228 e. The third-order valence-corrected chi connectivity index (χ3v) is 35.5. The molecule has 0 heterocycles. The Balaban J connectivity index is 0.955. The summed E-state index contributed by atoms with van der Waals surface area (Å²) < 4.78 is 91.0. The third-order valence-electron chi connectivity index (χ3n) is 23.5. The molecule has 0 atom stereocenters. The van der Waals surface area contributed by atoms with Crippen molar-refractivity contribution in [2.45, 2.75) is 130 Å². The molecular weight excluding hydrogens is 1670 g/mol. The third kappa shape index (κ3) is 23.2. The van der Waals surface area contributed by atoms with Gasteiger partial charge in [-0.25, -0.2) is 0 Å². The Hall–Kier alpha value is -11.4. The number of carbonyl (C=O) groups is 4. The minimum atomic E-state index is -3.48. The number of amides is 4. The van der Waals surface area contributed by atoms with Crippen molar-refractivity contribution in [1.29, 1.82) is 0 Å². The first kappa shape index (κ1) is 94.3. The van der Waals surface area contributed by atoms with Crippen molar-refractivity contribution in [3.63, 3.8) is 0 Å². The fraction of sp³-hybridized carbons (Fsp3) is 0.296. The molecule has 13 rings (SSSR count). The lowest BCUT2D eigenvalue weighted by Crippen LogP contribution is -2.34. The second-order valence-electron chi connectivity index (χ2n) is 37.3. The maximum Gasteiger partial charge on any atom is 0.228 e. The zero-order valence-electron chi connectivity index (χ0n) is 75.7. The minimum absolute atomic E-state index is 0.00338. The minimum Gasteiger partial charge on any atom is -0.491 e. The van der Waals surface area contributed by atoms with Crippen LogP contribution in [0.5, 0.6) is 23.0 Å². The first-order chi connectivity index (χ1) is 61.1. The van der Waals surface area contributed by atoms with Gasteiger partial charge >= 0.3 is 0 Å². The molecular formula is C108H120N4O12P4. The molecule has 0 saturated carbocycles. The highest BCUT2D eigenvalue weighted by atomic mass is 31.2. The summed E-state index contributed by atoms with van der Waals surface area (Å²) in [6, 6.07) is 90.9. The van der Waals surface area contributed by atoms with E-state index in [2.05, 4.69) is 153 Å². The summed E-state index contributed by atoms with van der Waals surface area (Å²) in [6.07, 6.45) is -0.149. The van der Waals surface area contributed by atoms with E-state index in [0.29, 0.717) is 65.4 Å². The van der Waals surface area contributed by atoms with Gasteiger partial charge in [0.1, 0.15) is 49.4 Å². The zero-order chi connectivity index (χ0) is 91.1. The average Bonchev–Trinajstić information content (AvgIpc) is 0.752. The van der Waals surface area contributed by atoms with Crippen molar-refractivity contribution in [2.24, 2.45) is 0 Å². The number of hydrogen-bond donors (Lipinski definition) is 4. The Bertz CT molecular complexity index is 5080. The summed E-state index contributed by atoms with van der Waals surface area (Å²) in [7, 11) is -13.9. The first-order valence-electron chi connectivity index (χ1n) is 44.1. The highest BCUT2D eigenvalue weighted by Gasteiger charge is 2.37. The van der Waals surface area contributed by atoms with Crippen LogP contribution in [0, 0.1) is 0 Å². The maximum atomic E-state index is 15.4. The Labute approximate surface area is 756 Å². The maximum absolute atomic E-state index is 15.4. The Morgan fingerprint density at radius 3 is 0.492 bits per heavy atom. The second kappa shape index (κ2) is 41.0. The molecule has 0 unspecified atom stereocenters. The molecule has 8 bridgehead atoms. The molecule has 664 valence electrons. The van der Waals surface area contributed by atoms with Crippen molar-refractivity contribution in [2.75, 3.05) is 77.3 Å². The van der Waals surface area contributed by atoms with Crippen LogP contribution in [-0.4, -0.2) is 101 Å². The molecule has 20 heteroatoms. The summed E-state index contributed by atoms with van der Waals surface area (Å²) in [4.78, 5) is 58.3. The number of ether oxygens (including phenoxy) is 4. The van der Waals surface area contributed by atoms with Gasteiger partial charge in [0.05, 0.1) is 50.8 Å². The number of rotatable bonds is 32. The van der Waals surface area contributed by atoms with E-state index < -0.39 is 73.9 Å². The van der Waals surface area contributed by atoms with Gasteiger partial charge in [-0.15, -0.1) is 0 Å². The highest BCUT2D eigenvalue weighted by Crippen LogP contribution is 2.49. The zero-order valence-corrected chi connectivity index (χ0v) is 79.3. The fourth-order valence-corrected chi connectivity index (χ4v) is 26.4. The molecule has 12 aromatic rings. The molecule has 128 heavy (non-hydrogen) atoms. The van der Waals surface area contributed by atoms with Gasteiger partial charge < -0.3 is 58.5 Å². The molecule has 1 aliphatic rings. The first-order valence-corrected chi connectivity index (χ1v) is 51.7. The monoisotopic (exact) mass is 1790 g/mol. The van der Waals surface area contributed by atoms with Crippen molar-refractivity contribution >= 4 is 94.6 Å². The Morgan fingerprint density at radius 1 is 0.234 bits per heavy atom. The summed E-state index contributed by atoms with van der Waals surface area (Å²) >= 11 is 0. The molecule has 0 saturated heterocycles. The topological polar surface area (TPSA) is 222 Å². The Kier molecular flexibility index (Phi) is 30.2. The predicted octanol–water partition coefficient (Wildman–Crippen LogP) is 17.6. The highest BCUT2D eigenvalue weighted by molar-refractivity contribution is 7.80. The fourth-order valence-electron chi connectivity index (χ4n) is 16.4. The standard InChI is InChI=1S/C108H120N4O12P4/c1-105(2,3)85-65-77-61-79-67-86(106(4,5)6)69-81(102(79)122-58-54-110-98(114)74-126(118,91-41-25-15-26-42-91)92-43-27-16-28-44-92)63-83-71-88(108(10,11)12)72-84(104(83)124-60-56-112-100(116)76-128(120,95-49-33-19-34-50-95)96-51-35-20-36-52-96)64-82-70-87(107(7,8)9)68-80(103(82)123-59-55-111-99(115)75-127(119,93-45-29-17-30-46-93)94-47-31-18-32-48-94)62-78(66-85)101(77)121-57-53-109-97(113)73-125(117,89-37-21-13-22-38-89)90-39-23-14-24-40-90/h13-52,65-72H,53-64,73-76H2,1-12H3,(H,109,113)(H,110,114)(H,111,115)(H,112,116). The van der Waals surface area contributed by atoms with E-state index in [1.54, 1.807) is 0 Å². The van der Waals surface area contributed by atoms with Gasteiger partial charge in [-0.1, -0.05) is 374 Å². The van der Waals surface area contributed by atoms with E-state index in [1.165, 1.54) is 0 Å². The molecule has 4 N–H and O–H groups in total. The molecule has 0 radical (unpaired) electrons. The van der Waals surface area contributed by atoms with E-state index in [0.717, 1.165) is 66.8 Å². The van der Waals surface area contributed by atoms with Crippen LogP contribution in [0.3, 0.4) is 0 Å². The molecule has 16 nitrogen and oxygen atoms in total.